The molecule has 1 aliphatic heterocycles. The molecule has 1 aromatic rings. The van der Waals surface area contributed by atoms with Crippen LogP contribution < -0.4 is 5.32 Å². The number of aromatic nitrogens is 1. The van der Waals surface area contributed by atoms with Crippen LogP contribution in [0, 0.1) is 5.92 Å². The van der Waals surface area contributed by atoms with Crippen LogP contribution in [0.15, 0.2) is 24.4 Å². The van der Waals surface area contributed by atoms with Crippen molar-refractivity contribution in [1.29, 1.82) is 0 Å². The van der Waals surface area contributed by atoms with E-state index in [9.17, 15) is 9.59 Å². The summed E-state index contributed by atoms with van der Waals surface area (Å²) in [6.07, 6.45) is 4.08. The maximum Gasteiger partial charge on any atom is 0.239 e. The van der Waals surface area contributed by atoms with Gasteiger partial charge in [-0.05, 0) is 31.9 Å². The minimum atomic E-state index is -0.218. The van der Waals surface area contributed by atoms with E-state index in [0.717, 1.165) is 25.1 Å². The van der Waals surface area contributed by atoms with Crippen LogP contribution in [0.1, 0.15) is 32.4 Å². The summed E-state index contributed by atoms with van der Waals surface area (Å²) in [4.78, 5) is 30.3. The van der Waals surface area contributed by atoms with Crippen molar-refractivity contribution in [3.8, 4) is 0 Å². The molecule has 1 fully saturated rings. The first-order chi connectivity index (χ1) is 10.6. The molecule has 0 bridgehead atoms. The molecule has 0 radical (unpaired) electrons. The molecule has 1 aromatic heterocycles. The van der Waals surface area contributed by atoms with Gasteiger partial charge in [-0.15, -0.1) is 0 Å². The lowest BCUT2D eigenvalue weighted by molar-refractivity contribution is -0.133. The molecule has 0 aromatic carbocycles. The van der Waals surface area contributed by atoms with Crippen molar-refractivity contribution in [3.05, 3.63) is 30.1 Å². The number of carbonyl (C=O) groups excluding carboxylic acids is 2. The number of pyridine rings is 1. The van der Waals surface area contributed by atoms with Crippen LogP contribution >= 0.6 is 0 Å². The standard InChI is InChI=1S/C17H25N3O2/c1-3-9-20(10-7-15-6-4-5-8-18-15)17(22)16-11-14(12-19-16)13(2)21/h4-6,8,14,16,19H,3,7,9-12H2,1-2H3. The highest BCUT2D eigenvalue weighted by Crippen LogP contribution is 2.17. The van der Waals surface area contributed by atoms with Crippen LogP contribution in [0.2, 0.25) is 0 Å². The van der Waals surface area contributed by atoms with E-state index in [4.69, 9.17) is 0 Å². The van der Waals surface area contributed by atoms with Gasteiger partial charge in [-0.3, -0.25) is 14.6 Å². The molecule has 2 heterocycles. The van der Waals surface area contributed by atoms with Crippen molar-refractivity contribution in [1.82, 2.24) is 15.2 Å². The van der Waals surface area contributed by atoms with Gasteiger partial charge >= 0.3 is 0 Å². The van der Waals surface area contributed by atoms with Crippen molar-refractivity contribution in [2.45, 2.75) is 39.2 Å². The van der Waals surface area contributed by atoms with E-state index < -0.39 is 0 Å². The smallest absolute Gasteiger partial charge is 0.239 e. The molecule has 5 nitrogen and oxygen atoms in total. The van der Waals surface area contributed by atoms with Crippen molar-refractivity contribution in [2.24, 2.45) is 5.92 Å². The predicted molar refractivity (Wildman–Crippen MR) is 85.4 cm³/mol. The number of hydrogen-bond acceptors (Lipinski definition) is 4. The summed E-state index contributed by atoms with van der Waals surface area (Å²) in [5, 5.41) is 3.20. The molecular formula is C17H25N3O2. The second kappa shape index (κ2) is 8.03. The van der Waals surface area contributed by atoms with E-state index >= 15 is 0 Å². The highest BCUT2D eigenvalue weighted by molar-refractivity contribution is 5.85. The normalized spacial score (nSPS) is 20.8. The van der Waals surface area contributed by atoms with E-state index in [1.165, 1.54) is 0 Å². The molecule has 5 heteroatoms. The monoisotopic (exact) mass is 303 g/mol. The maximum absolute atomic E-state index is 12.7. The van der Waals surface area contributed by atoms with Gasteiger partial charge in [0.15, 0.2) is 0 Å². The SMILES string of the molecule is CCCN(CCc1ccccn1)C(=O)C1CC(C(C)=O)CN1. The van der Waals surface area contributed by atoms with Gasteiger partial charge in [-0.25, -0.2) is 0 Å². The Morgan fingerprint density at radius 1 is 1.36 bits per heavy atom. The molecule has 1 N–H and O–H groups in total. The number of hydrogen-bond donors (Lipinski definition) is 1. The molecule has 1 aliphatic rings. The first-order valence-corrected chi connectivity index (χ1v) is 8.04. The summed E-state index contributed by atoms with van der Waals surface area (Å²) in [6.45, 7) is 5.71. The third-order valence-corrected chi connectivity index (χ3v) is 4.17. The quantitative estimate of drug-likeness (QED) is 0.828. The van der Waals surface area contributed by atoms with E-state index in [1.54, 1.807) is 13.1 Å². The molecule has 0 saturated carbocycles. The topological polar surface area (TPSA) is 62.3 Å². The first kappa shape index (κ1) is 16.6. The molecular weight excluding hydrogens is 278 g/mol. The predicted octanol–water partition coefficient (Wildman–Crippen LogP) is 1.43. The molecule has 0 spiro atoms. The van der Waals surface area contributed by atoms with Crippen LogP contribution in [0.5, 0.6) is 0 Å². The number of Topliss-reactive ketones (excluding diaryl/α,β-unsaturated/α-hetero) is 1. The Morgan fingerprint density at radius 3 is 2.77 bits per heavy atom. The number of amides is 1. The van der Waals surface area contributed by atoms with E-state index in [1.807, 2.05) is 23.1 Å². The van der Waals surface area contributed by atoms with Gasteiger partial charge in [0.1, 0.15) is 5.78 Å². The molecule has 22 heavy (non-hydrogen) atoms. The van der Waals surface area contributed by atoms with Gasteiger partial charge in [0, 0.05) is 43.9 Å². The molecule has 2 unspecified atom stereocenters. The summed E-state index contributed by atoms with van der Waals surface area (Å²) < 4.78 is 0. The fourth-order valence-electron chi connectivity index (χ4n) is 2.85. The number of ketones is 1. The van der Waals surface area contributed by atoms with E-state index in [2.05, 4.69) is 17.2 Å². The number of rotatable bonds is 7. The van der Waals surface area contributed by atoms with Crippen molar-refractivity contribution in [3.63, 3.8) is 0 Å². The minimum absolute atomic E-state index is 0.0202. The summed E-state index contributed by atoms with van der Waals surface area (Å²) in [6, 6.07) is 5.62. The van der Waals surface area contributed by atoms with Gasteiger partial charge in [-0.2, -0.15) is 0 Å². The van der Waals surface area contributed by atoms with Crippen molar-refractivity contribution < 1.29 is 9.59 Å². The fraction of sp³-hybridized carbons (Fsp3) is 0.588. The van der Waals surface area contributed by atoms with Crippen LogP contribution in [0.3, 0.4) is 0 Å². The van der Waals surface area contributed by atoms with E-state index in [-0.39, 0.29) is 23.7 Å². The van der Waals surface area contributed by atoms with Crippen molar-refractivity contribution >= 4 is 11.7 Å². The molecule has 2 rings (SSSR count). The Balaban J connectivity index is 1.92. The molecule has 0 aliphatic carbocycles. The average Bonchev–Trinajstić information content (AvgIpc) is 3.02. The van der Waals surface area contributed by atoms with Crippen LogP contribution in [-0.4, -0.2) is 47.3 Å². The zero-order valence-electron chi connectivity index (χ0n) is 13.4. The Bertz CT molecular complexity index is 504. The number of carbonyl (C=O) groups is 2. The number of nitrogens with one attached hydrogen (secondary N) is 1. The van der Waals surface area contributed by atoms with Gasteiger partial charge in [-0.1, -0.05) is 13.0 Å². The summed E-state index contributed by atoms with van der Waals surface area (Å²) in [7, 11) is 0. The fourth-order valence-corrected chi connectivity index (χ4v) is 2.85. The van der Waals surface area contributed by atoms with Gasteiger partial charge < -0.3 is 10.2 Å². The Morgan fingerprint density at radius 2 is 2.18 bits per heavy atom. The lowest BCUT2D eigenvalue weighted by Gasteiger charge is -2.25. The maximum atomic E-state index is 12.7. The lowest BCUT2D eigenvalue weighted by atomic mass is 10.0. The van der Waals surface area contributed by atoms with Gasteiger partial charge in [0.2, 0.25) is 5.91 Å². The Kier molecular flexibility index (Phi) is 6.07. The second-order valence-electron chi connectivity index (χ2n) is 5.90. The second-order valence-corrected chi connectivity index (χ2v) is 5.90. The van der Waals surface area contributed by atoms with E-state index in [0.29, 0.717) is 19.5 Å². The minimum Gasteiger partial charge on any atom is -0.341 e. The Labute approximate surface area is 132 Å². The zero-order valence-corrected chi connectivity index (χ0v) is 13.4. The molecule has 1 amide bonds. The lowest BCUT2D eigenvalue weighted by Crippen LogP contribution is -2.44. The Hall–Kier alpha value is -1.75. The average molecular weight is 303 g/mol. The third-order valence-electron chi connectivity index (χ3n) is 4.17. The number of nitrogens with zero attached hydrogens (tertiary/aromatic N) is 2. The largest absolute Gasteiger partial charge is 0.341 e. The van der Waals surface area contributed by atoms with Crippen LogP contribution in [0.4, 0.5) is 0 Å². The molecule has 120 valence electrons. The zero-order chi connectivity index (χ0) is 15.9. The van der Waals surface area contributed by atoms with Crippen LogP contribution in [-0.2, 0) is 16.0 Å². The molecule has 1 saturated heterocycles. The highest BCUT2D eigenvalue weighted by Gasteiger charge is 2.33. The molecule has 2 atom stereocenters. The van der Waals surface area contributed by atoms with Crippen LogP contribution in [0.25, 0.3) is 0 Å². The summed E-state index contributed by atoms with van der Waals surface area (Å²) in [5.74, 6) is 0.257. The highest BCUT2D eigenvalue weighted by atomic mass is 16.2. The van der Waals surface area contributed by atoms with Crippen molar-refractivity contribution in [2.75, 3.05) is 19.6 Å². The third kappa shape index (κ3) is 4.37. The van der Waals surface area contributed by atoms with Gasteiger partial charge in [0.05, 0.1) is 6.04 Å². The summed E-state index contributed by atoms with van der Waals surface area (Å²) in [5.41, 5.74) is 0.998. The summed E-state index contributed by atoms with van der Waals surface area (Å²) >= 11 is 0. The first-order valence-electron chi connectivity index (χ1n) is 8.04. The van der Waals surface area contributed by atoms with Gasteiger partial charge in [0.25, 0.3) is 0 Å².